The number of thioether (sulfide) groups is 1. The van der Waals surface area contributed by atoms with Crippen LogP contribution >= 0.6 is 11.8 Å². The van der Waals surface area contributed by atoms with Gasteiger partial charge in [-0.15, -0.1) is 11.8 Å². The number of nitrogens with one attached hydrogen (secondary N) is 1. The zero-order valence-corrected chi connectivity index (χ0v) is 13.6. The minimum Gasteiger partial charge on any atom is -0.438 e. The third kappa shape index (κ3) is 2.59. The van der Waals surface area contributed by atoms with Crippen LogP contribution in [0.25, 0.3) is 11.4 Å². The molecule has 4 rings (SSSR count). The first-order valence-corrected chi connectivity index (χ1v) is 8.60. The molecule has 1 N–H and O–H groups in total. The highest BCUT2D eigenvalue weighted by Crippen LogP contribution is 2.34. The summed E-state index contributed by atoms with van der Waals surface area (Å²) < 4.78 is 19.1. The Morgan fingerprint density at radius 3 is 2.75 bits per heavy atom. The topological polar surface area (TPSA) is 55.0 Å². The van der Waals surface area contributed by atoms with Gasteiger partial charge in [0.05, 0.1) is 5.56 Å². The fourth-order valence-electron chi connectivity index (χ4n) is 2.68. The van der Waals surface area contributed by atoms with Crippen molar-refractivity contribution in [2.75, 3.05) is 6.26 Å². The van der Waals surface area contributed by atoms with Gasteiger partial charge in [0.15, 0.2) is 0 Å². The normalized spacial score (nSPS) is 12.2. The van der Waals surface area contributed by atoms with Crippen molar-refractivity contribution in [3.05, 3.63) is 69.8 Å². The van der Waals surface area contributed by atoms with Crippen molar-refractivity contribution < 1.29 is 9.13 Å². The van der Waals surface area contributed by atoms with Crippen LogP contribution in [0.15, 0.2) is 52.2 Å². The van der Waals surface area contributed by atoms with Crippen LogP contribution in [-0.2, 0) is 6.42 Å². The number of halogens is 1. The predicted molar refractivity (Wildman–Crippen MR) is 91.4 cm³/mol. The molecular formula is C18H13FN2O2S. The molecule has 120 valence electrons. The van der Waals surface area contributed by atoms with Gasteiger partial charge in [-0.05, 0) is 36.6 Å². The minimum atomic E-state index is -0.351. The van der Waals surface area contributed by atoms with Gasteiger partial charge in [-0.3, -0.25) is 4.79 Å². The number of ether oxygens (including phenoxy) is 1. The quantitative estimate of drug-likeness (QED) is 0.561. The summed E-state index contributed by atoms with van der Waals surface area (Å²) in [7, 11) is 0. The van der Waals surface area contributed by atoms with Crippen LogP contribution < -0.4 is 10.3 Å². The van der Waals surface area contributed by atoms with Crippen molar-refractivity contribution in [3.8, 4) is 23.0 Å². The van der Waals surface area contributed by atoms with Crippen LogP contribution in [0.4, 0.5) is 4.39 Å². The molecule has 0 saturated heterocycles. The van der Waals surface area contributed by atoms with Gasteiger partial charge < -0.3 is 9.72 Å². The number of benzene rings is 2. The van der Waals surface area contributed by atoms with Crippen molar-refractivity contribution >= 4 is 11.8 Å². The first-order chi connectivity index (χ1) is 11.6. The van der Waals surface area contributed by atoms with Crippen LogP contribution in [0, 0.1) is 5.82 Å². The molecule has 0 radical (unpaired) electrons. The average molecular weight is 340 g/mol. The second-order valence-electron chi connectivity index (χ2n) is 5.46. The van der Waals surface area contributed by atoms with Gasteiger partial charge in [0, 0.05) is 22.4 Å². The second kappa shape index (κ2) is 5.79. The van der Waals surface area contributed by atoms with E-state index >= 15 is 0 Å². The van der Waals surface area contributed by atoms with E-state index in [1.54, 1.807) is 17.8 Å². The smallest absolute Gasteiger partial charge is 0.258 e. The van der Waals surface area contributed by atoms with Gasteiger partial charge in [-0.2, -0.15) is 4.98 Å². The largest absolute Gasteiger partial charge is 0.438 e. The van der Waals surface area contributed by atoms with Gasteiger partial charge in [0.2, 0.25) is 5.88 Å². The molecule has 0 bridgehead atoms. The number of H-pyrrole nitrogens is 1. The van der Waals surface area contributed by atoms with Gasteiger partial charge >= 0.3 is 0 Å². The zero-order chi connectivity index (χ0) is 16.7. The van der Waals surface area contributed by atoms with E-state index in [1.165, 1.54) is 12.1 Å². The van der Waals surface area contributed by atoms with Crippen LogP contribution in [0.2, 0.25) is 0 Å². The number of nitrogens with zero attached hydrogens (tertiary/aromatic N) is 1. The number of fused-ring (bicyclic) bond motifs is 2. The lowest BCUT2D eigenvalue weighted by atomic mass is 10.0. The highest BCUT2D eigenvalue weighted by atomic mass is 32.2. The van der Waals surface area contributed by atoms with E-state index in [9.17, 15) is 9.18 Å². The van der Waals surface area contributed by atoms with Crippen molar-refractivity contribution in [1.29, 1.82) is 0 Å². The Morgan fingerprint density at radius 2 is 2.00 bits per heavy atom. The Labute approximate surface area is 141 Å². The molecule has 6 heteroatoms. The van der Waals surface area contributed by atoms with E-state index < -0.39 is 0 Å². The first kappa shape index (κ1) is 15.0. The average Bonchev–Trinajstić information content (AvgIpc) is 2.60. The molecule has 2 aromatic carbocycles. The van der Waals surface area contributed by atoms with E-state index in [2.05, 4.69) is 9.97 Å². The SMILES string of the molecule is CSc1ccc(-c2nc3c(c(=O)[nH]2)Cc2cc(F)ccc2O3)cc1. The molecule has 0 saturated carbocycles. The summed E-state index contributed by atoms with van der Waals surface area (Å²) in [4.78, 5) is 20.8. The van der Waals surface area contributed by atoms with Crippen LogP contribution in [0.3, 0.4) is 0 Å². The standard InChI is InChI=1S/C18H13FN2O2S/c1-24-13-5-2-10(3-6-13)16-20-17(22)14-9-11-8-12(19)4-7-15(11)23-18(14)21-16/h2-8H,9H2,1H3,(H,20,21,22). The van der Waals surface area contributed by atoms with Gasteiger partial charge in [0.1, 0.15) is 17.4 Å². The lowest BCUT2D eigenvalue weighted by Gasteiger charge is -2.19. The van der Waals surface area contributed by atoms with E-state index in [1.807, 2.05) is 30.5 Å². The Hall–Kier alpha value is -2.60. The zero-order valence-electron chi connectivity index (χ0n) is 12.8. The molecule has 0 amide bonds. The van der Waals surface area contributed by atoms with Crippen LogP contribution in [0.1, 0.15) is 11.1 Å². The molecule has 0 aliphatic carbocycles. The summed E-state index contributed by atoms with van der Waals surface area (Å²) in [6.45, 7) is 0. The maximum Gasteiger partial charge on any atom is 0.258 e. The van der Waals surface area contributed by atoms with E-state index in [0.717, 1.165) is 10.5 Å². The van der Waals surface area contributed by atoms with Crippen LogP contribution in [0.5, 0.6) is 11.6 Å². The van der Waals surface area contributed by atoms with Crippen molar-refractivity contribution in [2.45, 2.75) is 11.3 Å². The van der Waals surface area contributed by atoms with E-state index in [-0.39, 0.29) is 17.3 Å². The minimum absolute atomic E-state index is 0.265. The third-order valence-corrected chi connectivity index (χ3v) is 4.68. The van der Waals surface area contributed by atoms with E-state index in [4.69, 9.17) is 4.74 Å². The highest BCUT2D eigenvalue weighted by Gasteiger charge is 2.22. The maximum atomic E-state index is 13.4. The molecule has 0 atom stereocenters. The molecule has 2 heterocycles. The van der Waals surface area contributed by atoms with Gasteiger partial charge in [-0.25, -0.2) is 4.39 Å². The Balaban J connectivity index is 1.77. The summed E-state index contributed by atoms with van der Waals surface area (Å²) in [5.41, 5.74) is 1.60. The molecule has 4 nitrogen and oxygen atoms in total. The fourth-order valence-corrected chi connectivity index (χ4v) is 3.09. The van der Waals surface area contributed by atoms with Crippen molar-refractivity contribution in [2.24, 2.45) is 0 Å². The molecule has 24 heavy (non-hydrogen) atoms. The lowest BCUT2D eigenvalue weighted by Crippen LogP contribution is -2.20. The second-order valence-corrected chi connectivity index (χ2v) is 6.34. The summed E-state index contributed by atoms with van der Waals surface area (Å²) >= 11 is 1.64. The Kier molecular flexibility index (Phi) is 3.61. The summed E-state index contributed by atoms with van der Waals surface area (Å²) in [6, 6.07) is 12.0. The van der Waals surface area contributed by atoms with Crippen molar-refractivity contribution in [1.82, 2.24) is 9.97 Å². The number of aromatic amines is 1. The fraction of sp³-hybridized carbons (Fsp3) is 0.111. The Morgan fingerprint density at radius 1 is 1.21 bits per heavy atom. The van der Waals surface area contributed by atoms with Crippen molar-refractivity contribution in [3.63, 3.8) is 0 Å². The predicted octanol–water partition coefficient (Wildman–Crippen LogP) is 3.99. The van der Waals surface area contributed by atoms with E-state index in [0.29, 0.717) is 29.1 Å². The molecule has 1 aliphatic rings. The molecule has 1 aliphatic heterocycles. The molecule has 0 spiro atoms. The van der Waals surface area contributed by atoms with Gasteiger partial charge in [-0.1, -0.05) is 12.1 Å². The summed E-state index contributed by atoms with van der Waals surface area (Å²) in [5, 5.41) is 0. The summed E-state index contributed by atoms with van der Waals surface area (Å²) in [6.07, 6.45) is 2.30. The molecule has 0 fully saturated rings. The molecule has 1 aromatic heterocycles. The third-order valence-electron chi connectivity index (χ3n) is 3.94. The number of hydrogen-bond donors (Lipinski definition) is 1. The van der Waals surface area contributed by atoms with Crippen LogP contribution in [-0.4, -0.2) is 16.2 Å². The molecule has 3 aromatic rings. The number of aromatic nitrogens is 2. The number of rotatable bonds is 2. The number of hydrogen-bond acceptors (Lipinski definition) is 4. The van der Waals surface area contributed by atoms with Gasteiger partial charge in [0.25, 0.3) is 5.56 Å². The maximum absolute atomic E-state index is 13.4. The lowest BCUT2D eigenvalue weighted by molar-refractivity contribution is 0.436. The molecule has 0 unspecified atom stereocenters. The molecular weight excluding hydrogens is 327 g/mol. The Bertz CT molecular complexity index is 983. The first-order valence-electron chi connectivity index (χ1n) is 7.38. The highest BCUT2D eigenvalue weighted by molar-refractivity contribution is 7.98. The monoisotopic (exact) mass is 340 g/mol. The summed E-state index contributed by atoms with van der Waals surface area (Å²) in [5.74, 6) is 0.917.